The molecule has 0 aliphatic rings. The summed E-state index contributed by atoms with van der Waals surface area (Å²) >= 11 is 0. The maximum absolute atomic E-state index is 11.5. The fraction of sp³-hybridized carbons (Fsp3) is 0.200. The van der Waals surface area contributed by atoms with Crippen LogP contribution in [-0.4, -0.2) is 24.5 Å². The fourth-order valence-electron chi connectivity index (χ4n) is 1.88. The first kappa shape index (κ1) is 13.9. The lowest BCUT2D eigenvalue weighted by Gasteiger charge is -2.10. The smallest absolute Gasteiger partial charge is 0.251 e. The number of pyridine rings is 1. The van der Waals surface area contributed by atoms with Crippen molar-refractivity contribution in [3.8, 4) is 0 Å². The summed E-state index contributed by atoms with van der Waals surface area (Å²) in [6, 6.07) is 11.1. The summed E-state index contributed by atoms with van der Waals surface area (Å²) in [6.07, 6.45) is 2.60. The van der Waals surface area contributed by atoms with Gasteiger partial charge in [-0.1, -0.05) is 6.07 Å². The molecule has 1 amide bonds. The second-order valence-corrected chi connectivity index (χ2v) is 4.38. The van der Waals surface area contributed by atoms with Gasteiger partial charge in [0.15, 0.2) is 0 Å². The van der Waals surface area contributed by atoms with Crippen molar-refractivity contribution in [2.75, 3.05) is 24.6 Å². The van der Waals surface area contributed by atoms with Crippen LogP contribution in [0.3, 0.4) is 0 Å². The summed E-state index contributed by atoms with van der Waals surface area (Å²) in [6.45, 7) is 0.737. The Morgan fingerprint density at radius 3 is 2.80 bits per heavy atom. The average molecular weight is 270 g/mol. The van der Waals surface area contributed by atoms with Gasteiger partial charge in [-0.15, -0.1) is 0 Å². The number of nitrogens with two attached hydrogens (primary N) is 1. The van der Waals surface area contributed by atoms with Crippen molar-refractivity contribution in [2.24, 2.45) is 0 Å². The Hall–Kier alpha value is -2.56. The Labute approximate surface area is 118 Å². The molecule has 104 valence electrons. The Kier molecular flexibility index (Phi) is 4.55. The van der Waals surface area contributed by atoms with Crippen LogP contribution in [0.5, 0.6) is 0 Å². The lowest BCUT2D eigenvalue weighted by Crippen LogP contribution is -2.18. The van der Waals surface area contributed by atoms with Crippen LogP contribution in [0.2, 0.25) is 0 Å². The molecular weight excluding hydrogens is 252 g/mol. The summed E-state index contributed by atoms with van der Waals surface area (Å²) in [5.74, 6) is -0.142. The molecule has 4 N–H and O–H groups in total. The molecule has 0 aliphatic heterocycles. The van der Waals surface area contributed by atoms with Crippen LogP contribution in [0.15, 0.2) is 42.6 Å². The highest BCUT2D eigenvalue weighted by Crippen LogP contribution is 2.19. The molecule has 20 heavy (non-hydrogen) atoms. The van der Waals surface area contributed by atoms with E-state index in [1.165, 1.54) is 0 Å². The van der Waals surface area contributed by atoms with Crippen molar-refractivity contribution in [3.05, 3.63) is 53.9 Å². The lowest BCUT2D eigenvalue weighted by molar-refractivity contribution is 0.0963. The number of carbonyl (C=O) groups excluding carboxylic acids is 1. The number of nitrogens with one attached hydrogen (secondary N) is 2. The first-order chi connectivity index (χ1) is 9.70. The molecule has 0 spiro atoms. The highest BCUT2D eigenvalue weighted by Gasteiger charge is 2.06. The molecule has 0 unspecified atom stereocenters. The highest BCUT2D eigenvalue weighted by molar-refractivity contribution is 5.95. The number of anilines is 2. The molecule has 1 heterocycles. The Bertz CT molecular complexity index is 584. The molecular formula is C15H18N4O. The van der Waals surface area contributed by atoms with Crippen molar-refractivity contribution < 1.29 is 4.79 Å². The number of hydrogen-bond acceptors (Lipinski definition) is 4. The molecule has 0 aliphatic carbocycles. The summed E-state index contributed by atoms with van der Waals surface area (Å²) in [5, 5.41) is 5.82. The van der Waals surface area contributed by atoms with Crippen LogP contribution in [0.25, 0.3) is 0 Å². The monoisotopic (exact) mass is 270 g/mol. The Balaban J connectivity index is 1.95. The molecule has 5 heteroatoms. The minimum atomic E-state index is -0.142. The quantitative estimate of drug-likeness (QED) is 0.722. The standard InChI is InChI=1S/C15H18N4O/c1-17-15(20)11-5-6-14(13(16)10-11)19-9-7-12-4-2-3-8-18-12/h2-6,8,10,19H,7,9,16H2,1H3,(H,17,20). The zero-order valence-electron chi connectivity index (χ0n) is 11.4. The zero-order chi connectivity index (χ0) is 14.4. The molecule has 0 saturated carbocycles. The summed E-state index contributed by atoms with van der Waals surface area (Å²) in [7, 11) is 1.59. The molecule has 0 atom stereocenters. The number of aromatic nitrogens is 1. The van der Waals surface area contributed by atoms with Gasteiger partial charge in [0, 0.05) is 37.5 Å². The van der Waals surface area contributed by atoms with Crippen molar-refractivity contribution in [2.45, 2.75) is 6.42 Å². The molecule has 2 aromatic rings. The number of benzene rings is 1. The van der Waals surface area contributed by atoms with Gasteiger partial charge in [-0.3, -0.25) is 9.78 Å². The van der Waals surface area contributed by atoms with Gasteiger partial charge >= 0.3 is 0 Å². The van der Waals surface area contributed by atoms with E-state index in [1.807, 2.05) is 24.3 Å². The van der Waals surface area contributed by atoms with Crippen LogP contribution in [0.4, 0.5) is 11.4 Å². The Morgan fingerprint density at radius 1 is 1.30 bits per heavy atom. The fourth-order valence-corrected chi connectivity index (χ4v) is 1.88. The third kappa shape index (κ3) is 3.47. The third-order valence-corrected chi connectivity index (χ3v) is 2.96. The maximum atomic E-state index is 11.5. The second-order valence-electron chi connectivity index (χ2n) is 4.38. The first-order valence-corrected chi connectivity index (χ1v) is 6.46. The van der Waals surface area contributed by atoms with E-state index in [4.69, 9.17) is 5.73 Å². The first-order valence-electron chi connectivity index (χ1n) is 6.46. The van der Waals surface area contributed by atoms with Gasteiger partial charge in [-0.2, -0.15) is 0 Å². The summed E-state index contributed by atoms with van der Waals surface area (Å²) in [4.78, 5) is 15.7. The number of hydrogen-bond donors (Lipinski definition) is 3. The average Bonchev–Trinajstić information content (AvgIpc) is 2.49. The zero-order valence-corrected chi connectivity index (χ0v) is 11.4. The van der Waals surface area contributed by atoms with Gasteiger partial charge in [-0.05, 0) is 30.3 Å². The minimum Gasteiger partial charge on any atom is -0.397 e. The van der Waals surface area contributed by atoms with E-state index in [9.17, 15) is 4.79 Å². The number of carbonyl (C=O) groups is 1. The number of nitrogen functional groups attached to an aromatic ring is 1. The number of nitrogens with zero attached hydrogens (tertiary/aromatic N) is 1. The molecule has 0 bridgehead atoms. The maximum Gasteiger partial charge on any atom is 0.251 e. The van der Waals surface area contributed by atoms with Gasteiger partial charge < -0.3 is 16.4 Å². The van der Waals surface area contributed by atoms with Crippen LogP contribution < -0.4 is 16.4 Å². The van der Waals surface area contributed by atoms with Crippen molar-refractivity contribution in [3.63, 3.8) is 0 Å². The molecule has 1 aromatic carbocycles. The van der Waals surface area contributed by atoms with E-state index in [0.717, 1.165) is 24.3 Å². The van der Waals surface area contributed by atoms with Gasteiger partial charge in [0.2, 0.25) is 0 Å². The molecule has 0 fully saturated rings. The SMILES string of the molecule is CNC(=O)c1ccc(NCCc2ccccn2)c(N)c1. The summed E-state index contributed by atoms with van der Waals surface area (Å²) < 4.78 is 0. The van der Waals surface area contributed by atoms with Crippen LogP contribution >= 0.6 is 0 Å². The van der Waals surface area contributed by atoms with E-state index in [1.54, 1.807) is 25.4 Å². The van der Waals surface area contributed by atoms with E-state index in [2.05, 4.69) is 15.6 Å². The third-order valence-electron chi connectivity index (χ3n) is 2.96. The molecule has 0 radical (unpaired) electrons. The molecule has 1 aromatic heterocycles. The van der Waals surface area contributed by atoms with Gasteiger partial charge in [0.05, 0.1) is 11.4 Å². The molecule has 0 saturated heterocycles. The van der Waals surface area contributed by atoms with Crippen molar-refractivity contribution >= 4 is 17.3 Å². The second kappa shape index (κ2) is 6.56. The van der Waals surface area contributed by atoms with Gasteiger partial charge in [-0.25, -0.2) is 0 Å². The van der Waals surface area contributed by atoms with Gasteiger partial charge in [0.25, 0.3) is 5.91 Å². The topological polar surface area (TPSA) is 80.0 Å². The van der Waals surface area contributed by atoms with Crippen LogP contribution in [0.1, 0.15) is 16.1 Å². The predicted molar refractivity (Wildman–Crippen MR) is 80.7 cm³/mol. The predicted octanol–water partition coefficient (Wildman–Crippen LogP) is 1.68. The minimum absolute atomic E-state index is 0.142. The van der Waals surface area contributed by atoms with Crippen LogP contribution in [0, 0.1) is 0 Å². The summed E-state index contributed by atoms with van der Waals surface area (Å²) in [5.41, 5.74) is 8.91. The van der Waals surface area contributed by atoms with E-state index in [0.29, 0.717) is 11.3 Å². The molecule has 2 rings (SSSR count). The van der Waals surface area contributed by atoms with E-state index < -0.39 is 0 Å². The lowest BCUT2D eigenvalue weighted by atomic mass is 10.1. The Morgan fingerprint density at radius 2 is 2.15 bits per heavy atom. The van der Waals surface area contributed by atoms with Crippen molar-refractivity contribution in [1.29, 1.82) is 0 Å². The number of amides is 1. The largest absolute Gasteiger partial charge is 0.397 e. The highest BCUT2D eigenvalue weighted by atomic mass is 16.1. The van der Waals surface area contributed by atoms with Crippen molar-refractivity contribution in [1.82, 2.24) is 10.3 Å². The van der Waals surface area contributed by atoms with E-state index >= 15 is 0 Å². The van der Waals surface area contributed by atoms with Crippen LogP contribution in [-0.2, 0) is 6.42 Å². The van der Waals surface area contributed by atoms with Gasteiger partial charge in [0.1, 0.15) is 0 Å². The normalized spacial score (nSPS) is 10.1. The molecule has 5 nitrogen and oxygen atoms in total. The van der Waals surface area contributed by atoms with E-state index in [-0.39, 0.29) is 5.91 Å². The number of rotatable bonds is 5.